The van der Waals surface area contributed by atoms with E-state index in [9.17, 15) is 0 Å². The van der Waals surface area contributed by atoms with Crippen molar-refractivity contribution in [3.8, 4) is 0 Å². The molecule has 13 heavy (non-hydrogen) atoms. The lowest BCUT2D eigenvalue weighted by Gasteiger charge is -2.40. The lowest BCUT2D eigenvalue weighted by molar-refractivity contribution is 0.147. The maximum absolute atomic E-state index is 6.19. The molecule has 2 nitrogen and oxygen atoms in total. The molecule has 2 fully saturated rings. The summed E-state index contributed by atoms with van der Waals surface area (Å²) in [5.41, 5.74) is 6.69. The van der Waals surface area contributed by atoms with Gasteiger partial charge in [0.05, 0.1) is 0 Å². The van der Waals surface area contributed by atoms with Gasteiger partial charge in [-0.15, -0.1) is 0 Å². The summed E-state index contributed by atoms with van der Waals surface area (Å²) < 4.78 is 2.33. The van der Waals surface area contributed by atoms with E-state index in [1.165, 1.54) is 45.2 Å². The van der Waals surface area contributed by atoms with Crippen LogP contribution in [0.2, 0.25) is 0 Å². The quantitative estimate of drug-likeness (QED) is 0.401. The first-order valence-electron chi connectivity index (χ1n) is 5.09. The van der Waals surface area contributed by atoms with Crippen LogP contribution in [0.3, 0.4) is 0 Å². The number of rotatable bonds is 1. The normalized spacial score (nSPS) is 34.2. The Labute approximate surface area is 89.6 Å². The highest BCUT2D eigenvalue weighted by molar-refractivity contribution is 8.67. The van der Waals surface area contributed by atoms with Gasteiger partial charge < -0.3 is 5.73 Å². The summed E-state index contributed by atoms with van der Waals surface area (Å²) >= 11 is 4.23. The van der Waals surface area contributed by atoms with Gasteiger partial charge in [0.1, 0.15) is 0 Å². The Bertz CT molecular complexity index is 178. The predicted molar refractivity (Wildman–Crippen MR) is 61.6 cm³/mol. The van der Waals surface area contributed by atoms with Crippen molar-refractivity contribution in [2.24, 2.45) is 11.1 Å². The smallest absolute Gasteiger partial charge is 0.0103 e. The first-order chi connectivity index (χ1) is 6.27. The molecule has 1 atom stereocenters. The lowest BCUT2D eigenvalue weighted by Crippen LogP contribution is -2.44. The highest BCUT2D eigenvalue weighted by atomic mass is 33.1. The van der Waals surface area contributed by atoms with Crippen LogP contribution < -0.4 is 5.73 Å². The lowest BCUT2D eigenvalue weighted by atomic mass is 9.75. The van der Waals surface area contributed by atoms with Gasteiger partial charge in [-0.05, 0) is 42.1 Å². The average Bonchev–Trinajstić information content (AvgIpc) is 2.50. The van der Waals surface area contributed by atoms with E-state index >= 15 is 0 Å². The van der Waals surface area contributed by atoms with Gasteiger partial charge in [-0.2, -0.15) is 0 Å². The molecule has 2 rings (SSSR count). The first kappa shape index (κ1) is 10.1. The van der Waals surface area contributed by atoms with E-state index in [4.69, 9.17) is 5.73 Å². The minimum absolute atomic E-state index is 0.472. The molecule has 2 aliphatic rings. The molecular weight excluding hydrogens is 200 g/mol. The minimum atomic E-state index is 0.472. The van der Waals surface area contributed by atoms with Crippen molar-refractivity contribution in [1.29, 1.82) is 0 Å². The van der Waals surface area contributed by atoms with Crippen molar-refractivity contribution in [3.05, 3.63) is 0 Å². The van der Waals surface area contributed by atoms with Crippen LogP contribution in [-0.4, -0.2) is 23.4 Å². The Hall–Kier alpha value is 0.620. The highest BCUT2D eigenvalue weighted by Gasteiger charge is 2.42. The maximum Gasteiger partial charge on any atom is 0.0103 e. The summed E-state index contributed by atoms with van der Waals surface area (Å²) in [7, 11) is 1.58. The zero-order valence-electron chi connectivity index (χ0n) is 7.91. The molecule has 2 N–H and O–H groups in total. The van der Waals surface area contributed by atoms with Gasteiger partial charge in [-0.3, -0.25) is 0 Å². The average molecular weight is 218 g/mol. The van der Waals surface area contributed by atoms with Gasteiger partial charge in [0.25, 0.3) is 0 Å². The highest BCUT2D eigenvalue weighted by Crippen LogP contribution is 2.46. The fourth-order valence-electron chi connectivity index (χ4n) is 2.80. The molecule has 1 saturated carbocycles. The van der Waals surface area contributed by atoms with Crippen LogP contribution in [0.5, 0.6) is 0 Å². The second kappa shape index (κ2) is 4.01. The maximum atomic E-state index is 6.19. The number of nitrogens with zero attached hydrogens (tertiary/aromatic N) is 1. The second-order valence-corrected chi connectivity index (χ2v) is 5.54. The van der Waals surface area contributed by atoms with Gasteiger partial charge in [-0.1, -0.05) is 18.1 Å². The third-order valence-corrected chi connectivity index (χ3v) is 5.10. The van der Waals surface area contributed by atoms with Gasteiger partial charge in [0.15, 0.2) is 0 Å². The van der Waals surface area contributed by atoms with Crippen LogP contribution in [0.4, 0.5) is 0 Å². The van der Waals surface area contributed by atoms with E-state index in [0.29, 0.717) is 11.5 Å². The molecule has 0 bridgehead atoms. The Morgan fingerprint density at radius 3 is 2.46 bits per heavy atom. The summed E-state index contributed by atoms with van der Waals surface area (Å²) in [4.78, 5) is 0. The van der Waals surface area contributed by atoms with Crippen LogP contribution in [0, 0.1) is 5.41 Å². The third kappa shape index (κ3) is 1.87. The predicted octanol–water partition coefficient (Wildman–Crippen LogP) is 2.07. The summed E-state index contributed by atoms with van der Waals surface area (Å²) in [6.07, 6.45) is 6.51. The number of piperidine rings is 1. The largest absolute Gasteiger partial charge is 0.327 e. The zero-order chi connectivity index (χ0) is 9.31. The van der Waals surface area contributed by atoms with E-state index in [0.717, 1.165) is 0 Å². The third-order valence-electron chi connectivity index (χ3n) is 3.81. The van der Waals surface area contributed by atoms with Crippen LogP contribution in [0.15, 0.2) is 0 Å². The van der Waals surface area contributed by atoms with Crippen molar-refractivity contribution in [1.82, 2.24) is 4.31 Å². The van der Waals surface area contributed by atoms with E-state index in [1.54, 1.807) is 11.0 Å². The van der Waals surface area contributed by atoms with E-state index in [2.05, 4.69) is 16.0 Å². The fraction of sp³-hybridized carbons (Fsp3) is 1.00. The van der Waals surface area contributed by atoms with Crippen molar-refractivity contribution >= 4 is 22.6 Å². The number of hydrogen-bond donors (Lipinski definition) is 2. The van der Waals surface area contributed by atoms with E-state index in [1.807, 2.05) is 0 Å². The molecule has 4 heteroatoms. The summed E-state index contributed by atoms with van der Waals surface area (Å²) in [6, 6.07) is 0.472. The zero-order valence-corrected chi connectivity index (χ0v) is 9.62. The van der Waals surface area contributed by atoms with E-state index in [-0.39, 0.29) is 0 Å². The van der Waals surface area contributed by atoms with Crippen LogP contribution in [-0.2, 0) is 0 Å². The Kier molecular flexibility index (Phi) is 3.13. The Morgan fingerprint density at radius 1 is 1.31 bits per heavy atom. The van der Waals surface area contributed by atoms with Gasteiger partial charge >= 0.3 is 0 Å². The number of thiol groups is 1. The second-order valence-electron chi connectivity index (χ2n) is 4.37. The van der Waals surface area contributed by atoms with Crippen molar-refractivity contribution in [2.45, 2.75) is 38.1 Å². The van der Waals surface area contributed by atoms with Crippen LogP contribution >= 0.6 is 22.6 Å². The molecule has 1 unspecified atom stereocenters. The molecule has 0 amide bonds. The fourth-order valence-corrected chi connectivity index (χ4v) is 3.64. The Morgan fingerprint density at radius 2 is 2.00 bits per heavy atom. The summed E-state index contributed by atoms with van der Waals surface area (Å²) in [5, 5.41) is 0. The van der Waals surface area contributed by atoms with Gasteiger partial charge in [0.2, 0.25) is 0 Å². The monoisotopic (exact) mass is 218 g/mol. The summed E-state index contributed by atoms with van der Waals surface area (Å²) in [5.74, 6) is 0. The van der Waals surface area contributed by atoms with Crippen molar-refractivity contribution in [2.75, 3.05) is 13.1 Å². The molecule has 1 spiro atoms. The van der Waals surface area contributed by atoms with Crippen molar-refractivity contribution < 1.29 is 0 Å². The van der Waals surface area contributed by atoms with E-state index < -0.39 is 0 Å². The minimum Gasteiger partial charge on any atom is -0.327 e. The summed E-state index contributed by atoms with van der Waals surface area (Å²) in [6.45, 7) is 2.34. The standard InChI is InChI=1S/C9H18N2S2/c10-8-2-1-3-9(8)4-6-11(13-12)7-5-9/h8,12H,1-7,10H2. The topological polar surface area (TPSA) is 29.3 Å². The van der Waals surface area contributed by atoms with Crippen molar-refractivity contribution in [3.63, 3.8) is 0 Å². The molecule has 1 saturated heterocycles. The van der Waals surface area contributed by atoms with Crippen LogP contribution in [0.1, 0.15) is 32.1 Å². The molecule has 0 aromatic carbocycles. The molecule has 0 aromatic rings. The number of hydrogen-bond acceptors (Lipinski definition) is 4. The molecule has 0 radical (unpaired) electrons. The van der Waals surface area contributed by atoms with Gasteiger partial charge in [-0.25, -0.2) is 4.31 Å². The molecule has 1 aliphatic carbocycles. The van der Waals surface area contributed by atoms with Crippen LogP contribution in [0.25, 0.3) is 0 Å². The molecule has 76 valence electrons. The molecule has 0 aromatic heterocycles. The molecule has 1 heterocycles. The van der Waals surface area contributed by atoms with Gasteiger partial charge in [0, 0.05) is 19.1 Å². The molecule has 1 aliphatic heterocycles. The number of nitrogens with two attached hydrogens (primary N) is 1. The first-order valence-corrected chi connectivity index (χ1v) is 6.91. The SMILES string of the molecule is NC1CCCC12CCN(SS)CC2. The Balaban J connectivity index is 1.95. The molecular formula is C9H18N2S2.